The van der Waals surface area contributed by atoms with Gasteiger partial charge in [0.05, 0.1) is 12.7 Å². The van der Waals surface area contributed by atoms with Crippen molar-refractivity contribution >= 4 is 0 Å². The Hall–Kier alpha value is -0.160. The number of nitrogens with zero attached hydrogens (tertiary/aromatic N) is 2. The summed E-state index contributed by atoms with van der Waals surface area (Å²) in [6.07, 6.45) is 1.53. The average Bonchev–Trinajstić information content (AvgIpc) is 2.51. The minimum atomic E-state index is 0.385. The minimum Gasteiger partial charge on any atom is -0.374 e. The molecule has 2 heterocycles. The predicted molar refractivity (Wildman–Crippen MR) is 56.3 cm³/mol. The molecule has 0 bridgehead atoms. The Balaban J connectivity index is 1.74. The molecule has 1 unspecified atom stereocenters. The topological polar surface area (TPSA) is 41.7 Å². The molecule has 2 aliphatic heterocycles. The van der Waals surface area contributed by atoms with Gasteiger partial charge in [-0.1, -0.05) is 0 Å². The third-order valence-corrected chi connectivity index (χ3v) is 3.11. The molecule has 2 aliphatic rings. The molecule has 0 aliphatic carbocycles. The first-order valence-electron chi connectivity index (χ1n) is 5.52. The van der Waals surface area contributed by atoms with Crippen molar-refractivity contribution in [3.05, 3.63) is 0 Å². The van der Waals surface area contributed by atoms with Gasteiger partial charge < -0.3 is 15.4 Å². The molecular weight excluding hydrogens is 178 g/mol. The second-order valence-corrected chi connectivity index (χ2v) is 4.56. The normalized spacial score (nSPS) is 36.4. The van der Waals surface area contributed by atoms with E-state index < -0.39 is 0 Å². The van der Waals surface area contributed by atoms with Crippen LogP contribution < -0.4 is 5.73 Å². The van der Waals surface area contributed by atoms with Crippen LogP contribution in [-0.4, -0.2) is 68.3 Å². The monoisotopic (exact) mass is 199 g/mol. The number of likely N-dealkylation sites (tertiary alicyclic amines) is 1. The minimum absolute atomic E-state index is 0.385. The average molecular weight is 199 g/mol. The van der Waals surface area contributed by atoms with Crippen molar-refractivity contribution in [1.82, 2.24) is 9.80 Å². The number of likely N-dealkylation sites (N-methyl/N-ethyl adjacent to an activating group) is 1. The Bertz CT molecular complexity index is 188. The Morgan fingerprint density at radius 3 is 2.86 bits per heavy atom. The smallest absolute Gasteiger partial charge is 0.0829 e. The molecule has 0 saturated carbocycles. The third kappa shape index (κ3) is 2.67. The lowest BCUT2D eigenvalue weighted by Gasteiger charge is -2.32. The fourth-order valence-corrected chi connectivity index (χ4v) is 2.29. The molecule has 0 aromatic heterocycles. The van der Waals surface area contributed by atoms with Crippen molar-refractivity contribution in [2.75, 3.05) is 46.4 Å². The lowest BCUT2D eigenvalue weighted by molar-refractivity contribution is -0.0329. The van der Waals surface area contributed by atoms with E-state index in [2.05, 4.69) is 16.8 Å². The summed E-state index contributed by atoms with van der Waals surface area (Å²) in [7, 11) is 2.16. The van der Waals surface area contributed by atoms with Crippen LogP contribution in [0.2, 0.25) is 0 Å². The first-order valence-corrected chi connectivity index (χ1v) is 5.52. The molecule has 0 aromatic rings. The molecule has 4 nitrogen and oxygen atoms in total. The van der Waals surface area contributed by atoms with E-state index in [0.717, 1.165) is 45.8 Å². The summed E-state index contributed by atoms with van der Waals surface area (Å²) in [4.78, 5) is 4.76. The van der Waals surface area contributed by atoms with Crippen molar-refractivity contribution in [2.24, 2.45) is 5.73 Å². The maximum absolute atomic E-state index is 5.86. The summed E-state index contributed by atoms with van der Waals surface area (Å²) < 4.78 is 5.72. The van der Waals surface area contributed by atoms with Gasteiger partial charge in [0.2, 0.25) is 0 Å². The highest BCUT2D eigenvalue weighted by atomic mass is 16.5. The summed E-state index contributed by atoms with van der Waals surface area (Å²) in [5.41, 5.74) is 5.86. The fraction of sp³-hybridized carbons (Fsp3) is 1.00. The summed E-state index contributed by atoms with van der Waals surface area (Å²) in [5, 5.41) is 0. The van der Waals surface area contributed by atoms with E-state index in [1.54, 1.807) is 0 Å². The van der Waals surface area contributed by atoms with Crippen molar-refractivity contribution in [3.63, 3.8) is 0 Å². The van der Waals surface area contributed by atoms with Crippen LogP contribution >= 0.6 is 0 Å². The highest BCUT2D eigenvalue weighted by Crippen LogP contribution is 2.11. The summed E-state index contributed by atoms with van der Waals surface area (Å²) in [6, 6.07) is 0.385. The summed E-state index contributed by atoms with van der Waals surface area (Å²) >= 11 is 0. The molecule has 0 spiro atoms. The SMILES string of the molecule is CN1CCOC(CN2CC[C@@H](N)C2)C1. The molecule has 2 N–H and O–H groups in total. The molecule has 14 heavy (non-hydrogen) atoms. The molecule has 2 rings (SSSR count). The zero-order valence-electron chi connectivity index (χ0n) is 8.98. The maximum Gasteiger partial charge on any atom is 0.0829 e. The van der Waals surface area contributed by atoms with Gasteiger partial charge in [-0.05, 0) is 20.0 Å². The van der Waals surface area contributed by atoms with Gasteiger partial charge in [-0.15, -0.1) is 0 Å². The van der Waals surface area contributed by atoms with Crippen molar-refractivity contribution < 1.29 is 4.74 Å². The molecule has 0 amide bonds. The van der Waals surface area contributed by atoms with Crippen molar-refractivity contribution in [1.29, 1.82) is 0 Å². The lowest BCUT2D eigenvalue weighted by atomic mass is 10.2. The first kappa shape index (κ1) is 10.4. The molecule has 2 atom stereocenters. The Morgan fingerprint density at radius 1 is 1.36 bits per heavy atom. The molecule has 82 valence electrons. The molecule has 2 saturated heterocycles. The van der Waals surface area contributed by atoms with Crippen LogP contribution in [0.3, 0.4) is 0 Å². The maximum atomic E-state index is 5.86. The Kier molecular flexibility index (Phi) is 3.38. The first-order chi connectivity index (χ1) is 6.74. The van der Waals surface area contributed by atoms with Gasteiger partial charge in [0.25, 0.3) is 0 Å². The second-order valence-electron chi connectivity index (χ2n) is 4.56. The molecule has 0 aromatic carbocycles. The van der Waals surface area contributed by atoms with Gasteiger partial charge in [-0.3, -0.25) is 4.90 Å². The second kappa shape index (κ2) is 4.57. The van der Waals surface area contributed by atoms with Gasteiger partial charge >= 0.3 is 0 Å². The summed E-state index contributed by atoms with van der Waals surface area (Å²) in [6.45, 7) is 6.25. The zero-order valence-corrected chi connectivity index (χ0v) is 8.98. The van der Waals surface area contributed by atoms with Crippen LogP contribution in [0.15, 0.2) is 0 Å². The van der Waals surface area contributed by atoms with E-state index in [-0.39, 0.29) is 0 Å². The third-order valence-electron chi connectivity index (χ3n) is 3.11. The number of ether oxygens (including phenoxy) is 1. The molecule has 4 heteroatoms. The Morgan fingerprint density at radius 2 is 2.21 bits per heavy atom. The predicted octanol–water partition coefficient (Wildman–Crippen LogP) is -0.650. The van der Waals surface area contributed by atoms with E-state index >= 15 is 0 Å². The largest absolute Gasteiger partial charge is 0.374 e. The van der Waals surface area contributed by atoms with E-state index in [1.165, 1.54) is 0 Å². The number of hydrogen-bond acceptors (Lipinski definition) is 4. The van der Waals surface area contributed by atoms with Gasteiger partial charge in [-0.25, -0.2) is 0 Å². The van der Waals surface area contributed by atoms with Crippen LogP contribution in [0, 0.1) is 0 Å². The highest BCUT2D eigenvalue weighted by molar-refractivity contribution is 4.81. The van der Waals surface area contributed by atoms with Gasteiger partial charge in [0.15, 0.2) is 0 Å². The number of hydrogen-bond donors (Lipinski definition) is 1. The number of rotatable bonds is 2. The van der Waals surface area contributed by atoms with E-state index in [4.69, 9.17) is 10.5 Å². The highest BCUT2D eigenvalue weighted by Gasteiger charge is 2.24. The van der Waals surface area contributed by atoms with Crippen molar-refractivity contribution in [3.8, 4) is 0 Å². The van der Waals surface area contributed by atoms with Crippen LogP contribution in [0.1, 0.15) is 6.42 Å². The number of nitrogens with two attached hydrogens (primary N) is 1. The van der Waals surface area contributed by atoms with Crippen LogP contribution in [0.5, 0.6) is 0 Å². The van der Waals surface area contributed by atoms with Gasteiger partial charge in [-0.2, -0.15) is 0 Å². The Labute approximate surface area is 86.0 Å². The summed E-state index contributed by atoms with van der Waals surface area (Å²) in [5.74, 6) is 0. The van der Waals surface area contributed by atoms with E-state index in [1.807, 2.05) is 0 Å². The van der Waals surface area contributed by atoms with Gasteiger partial charge in [0.1, 0.15) is 0 Å². The van der Waals surface area contributed by atoms with E-state index in [9.17, 15) is 0 Å². The van der Waals surface area contributed by atoms with Gasteiger partial charge in [0, 0.05) is 32.2 Å². The van der Waals surface area contributed by atoms with E-state index in [0.29, 0.717) is 12.1 Å². The molecule has 2 fully saturated rings. The fourth-order valence-electron chi connectivity index (χ4n) is 2.29. The lowest BCUT2D eigenvalue weighted by Crippen LogP contribution is -2.45. The van der Waals surface area contributed by atoms with Crippen LogP contribution in [0.4, 0.5) is 0 Å². The number of morpholine rings is 1. The van der Waals surface area contributed by atoms with Crippen LogP contribution in [0.25, 0.3) is 0 Å². The van der Waals surface area contributed by atoms with Crippen LogP contribution in [-0.2, 0) is 4.74 Å². The molecule has 0 radical (unpaired) electrons. The molecular formula is C10H21N3O. The standard InChI is InChI=1S/C10H21N3O/c1-12-4-5-14-10(7-12)8-13-3-2-9(11)6-13/h9-10H,2-8,11H2,1H3/t9-,10?/m1/s1. The van der Waals surface area contributed by atoms with Crippen molar-refractivity contribution in [2.45, 2.75) is 18.6 Å². The zero-order chi connectivity index (χ0) is 9.97. The quantitative estimate of drug-likeness (QED) is 0.642.